The van der Waals surface area contributed by atoms with Gasteiger partial charge in [-0.25, -0.2) is 9.18 Å². The molecule has 0 radical (unpaired) electrons. The van der Waals surface area contributed by atoms with Crippen molar-refractivity contribution in [2.24, 2.45) is 0 Å². The lowest BCUT2D eigenvalue weighted by Gasteiger charge is -2.15. The highest BCUT2D eigenvalue weighted by Crippen LogP contribution is 2.16. The molecule has 1 aromatic rings. The van der Waals surface area contributed by atoms with Crippen LogP contribution in [0.2, 0.25) is 0 Å². The number of hydrogen-bond donors (Lipinski definition) is 1. The van der Waals surface area contributed by atoms with Gasteiger partial charge in [-0.3, -0.25) is 4.90 Å². The number of likely N-dealkylation sites (tertiary alicyclic amines) is 1. The van der Waals surface area contributed by atoms with Gasteiger partial charge in [-0.15, -0.1) is 0 Å². The quantitative estimate of drug-likeness (QED) is 0.853. The molecule has 16 heavy (non-hydrogen) atoms. The molecule has 0 saturated carbocycles. The number of nitrogens with zero attached hydrogens (tertiary/aromatic N) is 1. The van der Waals surface area contributed by atoms with Crippen LogP contribution in [0.1, 0.15) is 28.8 Å². The van der Waals surface area contributed by atoms with E-state index in [4.69, 9.17) is 5.11 Å². The van der Waals surface area contributed by atoms with Gasteiger partial charge in [0.25, 0.3) is 0 Å². The van der Waals surface area contributed by atoms with Crippen LogP contribution in [0.4, 0.5) is 4.39 Å². The number of carboxylic acids is 1. The maximum atomic E-state index is 13.6. The smallest absolute Gasteiger partial charge is 0.335 e. The van der Waals surface area contributed by atoms with Gasteiger partial charge in [0, 0.05) is 12.1 Å². The Hall–Kier alpha value is -1.42. The van der Waals surface area contributed by atoms with E-state index in [0.717, 1.165) is 32.0 Å². The predicted molar refractivity (Wildman–Crippen MR) is 57.9 cm³/mol. The average molecular weight is 223 g/mol. The Bertz CT molecular complexity index is 400. The lowest BCUT2D eigenvalue weighted by atomic mass is 10.1. The topological polar surface area (TPSA) is 40.5 Å². The molecule has 86 valence electrons. The van der Waals surface area contributed by atoms with E-state index >= 15 is 0 Å². The molecule has 0 atom stereocenters. The lowest BCUT2D eigenvalue weighted by Crippen LogP contribution is -2.19. The molecule has 1 fully saturated rings. The molecule has 1 heterocycles. The molecule has 0 aromatic heterocycles. The summed E-state index contributed by atoms with van der Waals surface area (Å²) < 4.78 is 13.6. The van der Waals surface area contributed by atoms with Crippen molar-refractivity contribution in [2.75, 3.05) is 13.1 Å². The highest BCUT2D eigenvalue weighted by Gasteiger charge is 2.15. The highest BCUT2D eigenvalue weighted by molar-refractivity contribution is 5.87. The van der Waals surface area contributed by atoms with Crippen LogP contribution in [0, 0.1) is 5.82 Å². The molecule has 3 nitrogen and oxygen atoms in total. The van der Waals surface area contributed by atoms with Crippen LogP contribution in [0.25, 0.3) is 0 Å². The lowest BCUT2D eigenvalue weighted by molar-refractivity contribution is 0.0696. The Balaban J connectivity index is 2.12. The molecular formula is C12H14FNO2. The number of carboxylic acid groups (broad SMARTS) is 1. The van der Waals surface area contributed by atoms with E-state index in [1.54, 1.807) is 6.07 Å². The summed E-state index contributed by atoms with van der Waals surface area (Å²) in [6.45, 7) is 2.58. The van der Waals surface area contributed by atoms with Gasteiger partial charge in [-0.1, -0.05) is 6.07 Å². The molecule has 2 rings (SSSR count). The number of rotatable bonds is 3. The molecule has 4 heteroatoms. The van der Waals surface area contributed by atoms with Crippen molar-refractivity contribution in [1.29, 1.82) is 0 Å². The summed E-state index contributed by atoms with van der Waals surface area (Å²) in [5.41, 5.74) is 0.578. The van der Waals surface area contributed by atoms with Crippen molar-refractivity contribution in [3.63, 3.8) is 0 Å². The molecule has 0 unspecified atom stereocenters. The zero-order valence-corrected chi connectivity index (χ0v) is 8.95. The Kier molecular flexibility index (Phi) is 3.19. The normalized spacial score (nSPS) is 16.6. The van der Waals surface area contributed by atoms with Crippen LogP contribution in [-0.4, -0.2) is 29.1 Å². The summed E-state index contributed by atoms with van der Waals surface area (Å²) in [7, 11) is 0. The maximum Gasteiger partial charge on any atom is 0.335 e. The summed E-state index contributed by atoms with van der Waals surface area (Å²) in [5, 5.41) is 8.71. The number of benzene rings is 1. The van der Waals surface area contributed by atoms with Crippen molar-refractivity contribution >= 4 is 5.97 Å². The van der Waals surface area contributed by atoms with Gasteiger partial charge < -0.3 is 5.11 Å². The van der Waals surface area contributed by atoms with Crippen molar-refractivity contribution < 1.29 is 14.3 Å². The van der Waals surface area contributed by atoms with E-state index in [1.165, 1.54) is 6.07 Å². The predicted octanol–water partition coefficient (Wildman–Crippen LogP) is 2.12. The zero-order valence-electron chi connectivity index (χ0n) is 8.95. The van der Waals surface area contributed by atoms with E-state index < -0.39 is 11.8 Å². The Labute approximate surface area is 93.5 Å². The molecule has 0 bridgehead atoms. The van der Waals surface area contributed by atoms with Crippen molar-refractivity contribution in [3.8, 4) is 0 Å². The second-order valence-electron chi connectivity index (χ2n) is 4.09. The summed E-state index contributed by atoms with van der Waals surface area (Å²) in [6, 6.07) is 4.11. The first kappa shape index (κ1) is 11.1. The van der Waals surface area contributed by atoms with Crippen molar-refractivity contribution in [3.05, 3.63) is 35.1 Å². The third-order valence-electron chi connectivity index (χ3n) is 2.89. The van der Waals surface area contributed by atoms with Crippen LogP contribution in [0.15, 0.2) is 18.2 Å². The second kappa shape index (κ2) is 4.61. The minimum atomic E-state index is -1.09. The standard InChI is InChI=1S/C12H14FNO2/c13-11-7-9(12(15)16)3-4-10(11)8-14-5-1-2-6-14/h3-4,7H,1-2,5-6,8H2,(H,15,16). The van der Waals surface area contributed by atoms with Crippen LogP contribution in [0.3, 0.4) is 0 Å². The number of hydrogen-bond acceptors (Lipinski definition) is 2. The molecule has 0 spiro atoms. The fourth-order valence-electron chi connectivity index (χ4n) is 1.99. The third kappa shape index (κ3) is 2.39. The minimum absolute atomic E-state index is 0.00247. The average Bonchev–Trinajstić information content (AvgIpc) is 2.73. The van der Waals surface area contributed by atoms with Crippen LogP contribution in [-0.2, 0) is 6.54 Å². The molecule has 1 N–H and O–H groups in total. The number of carbonyl (C=O) groups is 1. The van der Waals surface area contributed by atoms with Gasteiger partial charge >= 0.3 is 5.97 Å². The van der Waals surface area contributed by atoms with E-state index in [0.29, 0.717) is 12.1 Å². The molecule has 1 aliphatic heterocycles. The Morgan fingerprint density at radius 2 is 2.06 bits per heavy atom. The maximum absolute atomic E-state index is 13.6. The molecule has 1 aromatic carbocycles. The zero-order chi connectivity index (χ0) is 11.5. The molecule has 0 amide bonds. The summed E-state index contributed by atoms with van der Waals surface area (Å²) in [4.78, 5) is 12.8. The summed E-state index contributed by atoms with van der Waals surface area (Å²) in [6.07, 6.45) is 2.32. The van der Waals surface area contributed by atoms with Gasteiger partial charge in [-0.2, -0.15) is 0 Å². The molecule has 1 aliphatic rings. The minimum Gasteiger partial charge on any atom is -0.478 e. The summed E-state index contributed by atoms with van der Waals surface area (Å²) in [5.74, 6) is -1.52. The van der Waals surface area contributed by atoms with Gasteiger partial charge in [0.05, 0.1) is 5.56 Å². The van der Waals surface area contributed by atoms with Crippen molar-refractivity contribution in [2.45, 2.75) is 19.4 Å². The van der Waals surface area contributed by atoms with Crippen molar-refractivity contribution in [1.82, 2.24) is 4.90 Å². The fourth-order valence-corrected chi connectivity index (χ4v) is 1.99. The van der Waals surface area contributed by atoms with Gasteiger partial charge in [0.15, 0.2) is 0 Å². The first-order chi connectivity index (χ1) is 7.66. The van der Waals surface area contributed by atoms with E-state index in [-0.39, 0.29) is 5.56 Å². The van der Waals surface area contributed by atoms with E-state index in [9.17, 15) is 9.18 Å². The molecule has 0 aliphatic carbocycles. The van der Waals surface area contributed by atoms with Gasteiger partial charge in [-0.05, 0) is 38.1 Å². The first-order valence-corrected chi connectivity index (χ1v) is 5.41. The molecular weight excluding hydrogens is 209 g/mol. The highest BCUT2D eigenvalue weighted by atomic mass is 19.1. The number of halogens is 1. The van der Waals surface area contributed by atoms with Gasteiger partial charge in [0.2, 0.25) is 0 Å². The third-order valence-corrected chi connectivity index (χ3v) is 2.89. The van der Waals surface area contributed by atoms with Crippen LogP contribution in [0.5, 0.6) is 0 Å². The molecule has 1 saturated heterocycles. The summed E-state index contributed by atoms with van der Waals surface area (Å²) >= 11 is 0. The fraction of sp³-hybridized carbons (Fsp3) is 0.417. The largest absolute Gasteiger partial charge is 0.478 e. The Morgan fingerprint density at radius 1 is 1.38 bits per heavy atom. The monoisotopic (exact) mass is 223 g/mol. The number of aromatic carboxylic acids is 1. The SMILES string of the molecule is O=C(O)c1ccc(CN2CCCC2)c(F)c1. The van der Waals surface area contributed by atoms with Gasteiger partial charge in [0.1, 0.15) is 5.82 Å². The van der Waals surface area contributed by atoms with E-state index in [1.807, 2.05) is 0 Å². The van der Waals surface area contributed by atoms with Crippen LogP contribution < -0.4 is 0 Å². The van der Waals surface area contributed by atoms with Crippen LogP contribution >= 0.6 is 0 Å². The van der Waals surface area contributed by atoms with E-state index in [2.05, 4.69) is 4.90 Å². The second-order valence-corrected chi connectivity index (χ2v) is 4.09. The first-order valence-electron chi connectivity index (χ1n) is 5.41. The Morgan fingerprint density at radius 3 is 2.62 bits per heavy atom.